The summed E-state index contributed by atoms with van der Waals surface area (Å²) in [5, 5.41) is 9.91. The van der Waals surface area contributed by atoms with Gasteiger partial charge in [0.05, 0.1) is 19.7 Å². The van der Waals surface area contributed by atoms with Crippen LogP contribution in [0.2, 0.25) is 10.0 Å². The monoisotopic (exact) mass is 488 g/mol. The number of aliphatic imine (C=N–C) groups is 1. The summed E-state index contributed by atoms with van der Waals surface area (Å²) in [5.41, 5.74) is 0.859. The molecule has 1 amide bonds. The van der Waals surface area contributed by atoms with Gasteiger partial charge in [-0.2, -0.15) is 0 Å². The van der Waals surface area contributed by atoms with E-state index in [0.29, 0.717) is 42.2 Å². The molecule has 3 N–H and O–H groups in total. The zero-order chi connectivity index (χ0) is 17.1. The molecular formula is C15H23Cl2IN4O2. The van der Waals surface area contributed by atoms with Crippen molar-refractivity contribution in [2.45, 2.75) is 13.5 Å². The summed E-state index contributed by atoms with van der Waals surface area (Å²) in [6, 6.07) is 5.27. The Labute approximate surface area is 169 Å². The van der Waals surface area contributed by atoms with Crippen molar-refractivity contribution in [2.24, 2.45) is 4.99 Å². The SMILES string of the molecule is CCNC(=NCc1ccc(Cl)cc1Cl)NCC(=O)NCCOC.I. The summed E-state index contributed by atoms with van der Waals surface area (Å²) >= 11 is 12.0. The number of guanidine groups is 1. The molecule has 0 aromatic heterocycles. The Balaban J connectivity index is 0.00000529. The molecule has 0 aliphatic heterocycles. The van der Waals surface area contributed by atoms with Crippen molar-refractivity contribution in [1.29, 1.82) is 0 Å². The molecule has 0 radical (unpaired) electrons. The molecule has 24 heavy (non-hydrogen) atoms. The number of benzene rings is 1. The standard InChI is InChI=1S/C15H22Cl2N4O2.HI/c1-3-18-15(21-10-14(22)19-6-7-23-2)20-9-11-4-5-12(16)8-13(11)17;/h4-5,8H,3,6-7,9-10H2,1-2H3,(H,19,22)(H2,18,20,21);1H. The average molecular weight is 489 g/mol. The molecular weight excluding hydrogens is 466 g/mol. The molecule has 9 heteroatoms. The highest BCUT2D eigenvalue weighted by Gasteiger charge is 2.04. The second-order valence-corrected chi connectivity index (χ2v) is 5.47. The first-order chi connectivity index (χ1) is 11.1. The van der Waals surface area contributed by atoms with Crippen molar-refractivity contribution >= 4 is 59.0 Å². The first-order valence-electron chi connectivity index (χ1n) is 7.28. The predicted octanol–water partition coefficient (Wildman–Crippen LogP) is 2.43. The molecule has 0 fully saturated rings. The molecule has 136 valence electrons. The molecule has 0 heterocycles. The molecule has 0 atom stereocenters. The van der Waals surface area contributed by atoms with Crippen molar-refractivity contribution in [3.63, 3.8) is 0 Å². The van der Waals surface area contributed by atoms with E-state index in [2.05, 4.69) is 20.9 Å². The number of nitrogens with zero attached hydrogens (tertiary/aromatic N) is 1. The topological polar surface area (TPSA) is 74.8 Å². The van der Waals surface area contributed by atoms with Crippen LogP contribution in [0.4, 0.5) is 0 Å². The van der Waals surface area contributed by atoms with Gasteiger partial charge in [0, 0.05) is 30.2 Å². The van der Waals surface area contributed by atoms with Gasteiger partial charge < -0.3 is 20.7 Å². The van der Waals surface area contributed by atoms with Crippen molar-refractivity contribution in [3.8, 4) is 0 Å². The van der Waals surface area contributed by atoms with Gasteiger partial charge in [-0.15, -0.1) is 24.0 Å². The number of hydrogen-bond acceptors (Lipinski definition) is 3. The Morgan fingerprint density at radius 3 is 2.62 bits per heavy atom. The largest absolute Gasteiger partial charge is 0.383 e. The van der Waals surface area contributed by atoms with Crippen LogP contribution in [0.1, 0.15) is 12.5 Å². The third-order valence-electron chi connectivity index (χ3n) is 2.81. The molecule has 1 aromatic rings. The smallest absolute Gasteiger partial charge is 0.239 e. The highest BCUT2D eigenvalue weighted by molar-refractivity contribution is 14.0. The summed E-state index contributed by atoms with van der Waals surface area (Å²) in [4.78, 5) is 16.0. The van der Waals surface area contributed by atoms with Gasteiger partial charge in [-0.1, -0.05) is 29.3 Å². The fraction of sp³-hybridized carbons (Fsp3) is 0.467. The summed E-state index contributed by atoms with van der Waals surface area (Å²) in [6.45, 7) is 4.11. The Morgan fingerprint density at radius 2 is 2.00 bits per heavy atom. The van der Waals surface area contributed by atoms with E-state index in [1.54, 1.807) is 19.2 Å². The molecule has 6 nitrogen and oxygen atoms in total. The van der Waals surface area contributed by atoms with Crippen LogP contribution in [0, 0.1) is 0 Å². The van der Waals surface area contributed by atoms with Crippen LogP contribution in [-0.4, -0.2) is 45.2 Å². The fourth-order valence-electron chi connectivity index (χ4n) is 1.67. The quantitative estimate of drug-likeness (QED) is 0.227. The van der Waals surface area contributed by atoms with E-state index < -0.39 is 0 Å². The summed E-state index contributed by atoms with van der Waals surface area (Å²) in [6.07, 6.45) is 0. The van der Waals surface area contributed by atoms with Crippen LogP contribution in [-0.2, 0) is 16.1 Å². The first kappa shape index (κ1) is 23.2. The molecule has 0 unspecified atom stereocenters. The van der Waals surface area contributed by atoms with Crippen molar-refractivity contribution in [3.05, 3.63) is 33.8 Å². The third-order valence-corrected chi connectivity index (χ3v) is 3.40. The second-order valence-electron chi connectivity index (χ2n) is 4.63. The molecule has 1 rings (SSSR count). The van der Waals surface area contributed by atoms with E-state index in [4.69, 9.17) is 27.9 Å². The average Bonchev–Trinajstić information content (AvgIpc) is 2.51. The van der Waals surface area contributed by atoms with Gasteiger partial charge in [-0.05, 0) is 24.6 Å². The lowest BCUT2D eigenvalue weighted by Gasteiger charge is -2.11. The normalized spacial score (nSPS) is 10.8. The van der Waals surface area contributed by atoms with Crippen molar-refractivity contribution < 1.29 is 9.53 Å². The van der Waals surface area contributed by atoms with Gasteiger partial charge in [0.25, 0.3) is 0 Å². The maximum absolute atomic E-state index is 11.6. The molecule has 0 spiro atoms. The number of rotatable bonds is 8. The van der Waals surface area contributed by atoms with Gasteiger partial charge in [-0.25, -0.2) is 4.99 Å². The van der Waals surface area contributed by atoms with Crippen LogP contribution in [0.3, 0.4) is 0 Å². The van der Waals surface area contributed by atoms with E-state index in [9.17, 15) is 4.79 Å². The minimum atomic E-state index is -0.128. The Hall–Kier alpha value is -0.770. The number of nitrogens with one attached hydrogen (secondary N) is 3. The van der Waals surface area contributed by atoms with Crippen LogP contribution in [0.15, 0.2) is 23.2 Å². The summed E-state index contributed by atoms with van der Waals surface area (Å²) < 4.78 is 4.87. The lowest BCUT2D eigenvalue weighted by Crippen LogP contribution is -2.43. The zero-order valence-corrected chi connectivity index (χ0v) is 17.5. The highest BCUT2D eigenvalue weighted by atomic mass is 127. The molecule has 0 aliphatic rings. The van der Waals surface area contributed by atoms with E-state index >= 15 is 0 Å². The molecule has 0 aliphatic carbocycles. The van der Waals surface area contributed by atoms with Crippen LogP contribution in [0.5, 0.6) is 0 Å². The number of methoxy groups -OCH3 is 1. The maximum Gasteiger partial charge on any atom is 0.239 e. The molecule has 0 saturated heterocycles. The molecule has 0 bridgehead atoms. The van der Waals surface area contributed by atoms with E-state index in [1.165, 1.54) is 0 Å². The fourth-order valence-corrected chi connectivity index (χ4v) is 2.14. The zero-order valence-electron chi connectivity index (χ0n) is 13.7. The summed E-state index contributed by atoms with van der Waals surface area (Å²) in [5.74, 6) is 0.414. The molecule has 1 aromatic carbocycles. The summed E-state index contributed by atoms with van der Waals surface area (Å²) in [7, 11) is 1.59. The lowest BCUT2D eigenvalue weighted by molar-refractivity contribution is -0.120. The number of halogens is 3. The minimum absolute atomic E-state index is 0. The van der Waals surface area contributed by atoms with Crippen molar-refractivity contribution in [2.75, 3.05) is 33.4 Å². The van der Waals surface area contributed by atoms with Gasteiger partial charge in [0.2, 0.25) is 5.91 Å². The van der Waals surface area contributed by atoms with Crippen LogP contribution >= 0.6 is 47.2 Å². The predicted molar refractivity (Wildman–Crippen MR) is 110 cm³/mol. The Kier molecular flexibility index (Phi) is 13.1. The van der Waals surface area contributed by atoms with E-state index in [-0.39, 0.29) is 36.4 Å². The number of ether oxygens (including phenoxy) is 1. The van der Waals surface area contributed by atoms with Gasteiger partial charge >= 0.3 is 0 Å². The Bertz CT molecular complexity index is 544. The first-order valence-corrected chi connectivity index (χ1v) is 8.04. The maximum atomic E-state index is 11.6. The lowest BCUT2D eigenvalue weighted by atomic mass is 10.2. The van der Waals surface area contributed by atoms with Gasteiger partial charge in [0.1, 0.15) is 0 Å². The molecule has 0 saturated carbocycles. The second kappa shape index (κ2) is 13.5. The van der Waals surface area contributed by atoms with E-state index in [0.717, 1.165) is 5.56 Å². The number of carbonyl (C=O) groups is 1. The van der Waals surface area contributed by atoms with E-state index in [1.807, 2.05) is 13.0 Å². The highest BCUT2D eigenvalue weighted by Crippen LogP contribution is 2.21. The number of amides is 1. The van der Waals surface area contributed by atoms with Crippen LogP contribution in [0.25, 0.3) is 0 Å². The van der Waals surface area contributed by atoms with Gasteiger partial charge in [-0.3, -0.25) is 4.79 Å². The van der Waals surface area contributed by atoms with Gasteiger partial charge in [0.15, 0.2) is 5.96 Å². The number of carbonyl (C=O) groups excluding carboxylic acids is 1. The Morgan fingerprint density at radius 1 is 1.25 bits per heavy atom. The number of hydrogen-bond donors (Lipinski definition) is 3. The third kappa shape index (κ3) is 9.51. The minimum Gasteiger partial charge on any atom is -0.383 e. The van der Waals surface area contributed by atoms with Crippen molar-refractivity contribution in [1.82, 2.24) is 16.0 Å². The van der Waals surface area contributed by atoms with Crippen LogP contribution < -0.4 is 16.0 Å².